The van der Waals surface area contributed by atoms with Crippen LogP contribution in [-0.2, 0) is 9.53 Å². The molecule has 0 aromatic heterocycles. The number of anilines is 1. The monoisotopic (exact) mass is 264 g/mol. The van der Waals surface area contributed by atoms with Gasteiger partial charge in [0.05, 0.1) is 16.6 Å². The highest BCUT2D eigenvalue weighted by atomic mass is 35.5. The number of carbonyl (C=O) groups is 1. The highest BCUT2D eigenvalue weighted by molar-refractivity contribution is 6.32. The van der Waals surface area contributed by atoms with Crippen molar-refractivity contribution in [3.8, 4) is 6.07 Å². The number of benzene rings is 1. The van der Waals surface area contributed by atoms with Crippen LogP contribution in [0.5, 0.6) is 0 Å². The molecule has 1 aliphatic rings. The van der Waals surface area contributed by atoms with Crippen molar-refractivity contribution in [3.63, 3.8) is 0 Å². The molecule has 1 saturated heterocycles. The van der Waals surface area contributed by atoms with Crippen LogP contribution in [0.4, 0.5) is 5.69 Å². The number of hydrogen-bond acceptors (Lipinski definition) is 4. The summed E-state index contributed by atoms with van der Waals surface area (Å²) < 4.78 is 5.08. The van der Waals surface area contributed by atoms with Gasteiger partial charge in [-0.3, -0.25) is 4.79 Å². The lowest BCUT2D eigenvalue weighted by molar-refractivity contribution is -0.128. The largest absolute Gasteiger partial charge is 0.375 e. The van der Waals surface area contributed by atoms with Gasteiger partial charge in [0.2, 0.25) is 0 Å². The van der Waals surface area contributed by atoms with E-state index in [2.05, 4.69) is 5.32 Å². The van der Waals surface area contributed by atoms with E-state index >= 15 is 0 Å². The van der Waals surface area contributed by atoms with Crippen molar-refractivity contribution >= 4 is 23.1 Å². The molecule has 1 N–H and O–H groups in total. The number of rotatable bonds is 2. The summed E-state index contributed by atoms with van der Waals surface area (Å²) in [6.07, 6.45) is 0.649. The number of nitrogens with one attached hydrogen (secondary N) is 1. The number of carbonyl (C=O) groups excluding carboxylic acids is 1. The maximum atomic E-state index is 11.6. The molecule has 0 radical (unpaired) electrons. The van der Waals surface area contributed by atoms with E-state index in [9.17, 15) is 4.79 Å². The molecule has 1 fully saturated rings. The fourth-order valence-electron chi connectivity index (χ4n) is 1.90. The Balaban J connectivity index is 2.22. The first-order chi connectivity index (χ1) is 8.63. The van der Waals surface area contributed by atoms with E-state index in [1.165, 1.54) is 0 Å². The van der Waals surface area contributed by atoms with Gasteiger partial charge < -0.3 is 10.1 Å². The number of nitriles is 1. The van der Waals surface area contributed by atoms with Crippen LogP contribution in [0.2, 0.25) is 5.02 Å². The second-order valence-corrected chi connectivity index (χ2v) is 4.59. The van der Waals surface area contributed by atoms with Gasteiger partial charge in [-0.15, -0.1) is 0 Å². The first-order valence-electron chi connectivity index (χ1n) is 5.69. The number of hydrogen-bond donors (Lipinski definition) is 1. The summed E-state index contributed by atoms with van der Waals surface area (Å²) >= 11 is 6.08. The summed E-state index contributed by atoms with van der Waals surface area (Å²) in [4.78, 5) is 11.6. The highest BCUT2D eigenvalue weighted by Gasteiger charge is 2.23. The molecule has 0 saturated carbocycles. The number of halogens is 1. The maximum Gasteiger partial charge on any atom is 0.180 e. The first kappa shape index (κ1) is 12.9. The molecule has 5 heteroatoms. The molecular formula is C13H13ClN2O2. The summed E-state index contributed by atoms with van der Waals surface area (Å²) in [5.41, 5.74) is 2.02. The third kappa shape index (κ3) is 2.47. The van der Waals surface area contributed by atoms with Gasteiger partial charge in [0, 0.05) is 12.3 Å². The molecule has 18 heavy (non-hydrogen) atoms. The van der Waals surface area contributed by atoms with Crippen LogP contribution in [0.15, 0.2) is 12.1 Å². The predicted octanol–water partition coefficient (Wildman–Crippen LogP) is 2.29. The zero-order chi connectivity index (χ0) is 13.1. The van der Waals surface area contributed by atoms with Gasteiger partial charge in [0.1, 0.15) is 12.7 Å². The highest BCUT2D eigenvalue weighted by Crippen LogP contribution is 2.28. The summed E-state index contributed by atoms with van der Waals surface area (Å²) in [6.45, 7) is 2.56. The van der Waals surface area contributed by atoms with E-state index in [4.69, 9.17) is 21.6 Å². The molecule has 0 bridgehead atoms. The Morgan fingerprint density at radius 1 is 1.56 bits per heavy atom. The van der Waals surface area contributed by atoms with Crippen molar-refractivity contribution in [2.24, 2.45) is 0 Å². The Labute approximate surface area is 111 Å². The third-order valence-electron chi connectivity index (χ3n) is 3.02. The van der Waals surface area contributed by atoms with Gasteiger partial charge in [-0.25, -0.2) is 0 Å². The lowest BCUT2D eigenvalue weighted by atomic mass is 10.1. The Kier molecular flexibility index (Phi) is 3.85. The second-order valence-electron chi connectivity index (χ2n) is 4.22. The maximum absolute atomic E-state index is 11.6. The van der Waals surface area contributed by atoms with Crippen molar-refractivity contribution in [2.45, 2.75) is 19.4 Å². The Hall–Kier alpha value is -1.57. The molecule has 0 amide bonds. The number of ether oxygens (including phenoxy) is 1. The normalized spacial score (nSPS) is 19.4. The molecule has 0 spiro atoms. The van der Waals surface area contributed by atoms with Crippen LogP contribution < -0.4 is 5.32 Å². The zero-order valence-electron chi connectivity index (χ0n) is 10.00. The van der Waals surface area contributed by atoms with Crippen LogP contribution in [0.25, 0.3) is 0 Å². The molecule has 1 heterocycles. The summed E-state index contributed by atoms with van der Waals surface area (Å²) in [5.74, 6) is 0.0427. The van der Waals surface area contributed by atoms with Crippen LogP contribution in [0, 0.1) is 18.3 Å². The van der Waals surface area contributed by atoms with Gasteiger partial charge in [-0.05, 0) is 31.0 Å². The van der Waals surface area contributed by atoms with E-state index in [1.807, 2.05) is 13.0 Å². The Bertz CT molecular complexity index is 522. The number of Topliss-reactive ketones (excluding diaryl/α,β-unsaturated/α-hetero) is 1. The molecule has 94 valence electrons. The molecule has 1 aromatic carbocycles. The van der Waals surface area contributed by atoms with Gasteiger partial charge >= 0.3 is 0 Å². The van der Waals surface area contributed by atoms with Crippen LogP contribution in [-0.4, -0.2) is 25.0 Å². The van der Waals surface area contributed by atoms with Crippen molar-refractivity contribution in [3.05, 3.63) is 28.3 Å². The van der Waals surface area contributed by atoms with Crippen molar-refractivity contribution in [1.82, 2.24) is 0 Å². The van der Waals surface area contributed by atoms with Crippen LogP contribution in [0.1, 0.15) is 17.5 Å². The predicted molar refractivity (Wildman–Crippen MR) is 68.8 cm³/mol. The minimum Gasteiger partial charge on any atom is -0.375 e. The average Bonchev–Trinajstić information content (AvgIpc) is 2.38. The van der Waals surface area contributed by atoms with E-state index in [0.717, 1.165) is 11.3 Å². The third-order valence-corrected chi connectivity index (χ3v) is 3.51. The van der Waals surface area contributed by atoms with Crippen molar-refractivity contribution in [2.75, 3.05) is 18.5 Å². The quantitative estimate of drug-likeness (QED) is 0.890. The van der Waals surface area contributed by atoms with Crippen LogP contribution in [0.3, 0.4) is 0 Å². The molecule has 1 aromatic rings. The molecule has 1 unspecified atom stereocenters. The minimum atomic E-state index is -0.235. The Morgan fingerprint density at radius 2 is 2.33 bits per heavy atom. The molecule has 1 atom stereocenters. The first-order valence-corrected chi connectivity index (χ1v) is 6.07. The minimum absolute atomic E-state index is 0.0427. The second kappa shape index (κ2) is 5.38. The average molecular weight is 265 g/mol. The van der Waals surface area contributed by atoms with Gasteiger partial charge in [0.15, 0.2) is 5.78 Å². The number of nitrogens with zero attached hydrogens (tertiary/aromatic N) is 1. The van der Waals surface area contributed by atoms with E-state index < -0.39 is 0 Å². The van der Waals surface area contributed by atoms with Gasteiger partial charge in [-0.2, -0.15) is 5.26 Å². The molecule has 0 aliphatic carbocycles. The Morgan fingerprint density at radius 3 is 3.00 bits per heavy atom. The molecular weight excluding hydrogens is 252 g/mol. The smallest absolute Gasteiger partial charge is 0.180 e. The fraction of sp³-hybridized carbons (Fsp3) is 0.385. The molecule has 1 aliphatic heterocycles. The lowest BCUT2D eigenvalue weighted by Crippen LogP contribution is -2.38. The van der Waals surface area contributed by atoms with E-state index in [1.54, 1.807) is 12.1 Å². The summed E-state index contributed by atoms with van der Waals surface area (Å²) in [6, 6.07) is 5.23. The van der Waals surface area contributed by atoms with Gasteiger partial charge in [-0.1, -0.05) is 11.6 Å². The molecule has 2 rings (SSSR count). The molecule has 4 nitrogen and oxygen atoms in total. The van der Waals surface area contributed by atoms with Gasteiger partial charge in [0.25, 0.3) is 0 Å². The fourth-order valence-corrected chi connectivity index (χ4v) is 2.11. The van der Waals surface area contributed by atoms with E-state index in [0.29, 0.717) is 23.6 Å². The topological polar surface area (TPSA) is 62.1 Å². The van der Waals surface area contributed by atoms with E-state index in [-0.39, 0.29) is 18.4 Å². The number of ketones is 1. The lowest BCUT2D eigenvalue weighted by Gasteiger charge is -2.24. The summed E-state index contributed by atoms with van der Waals surface area (Å²) in [5, 5.41) is 12.5. The zero-order valence-corrected chi connectivity index (χ0v) is 10.8. The standard InChI is InChI=1S/C13H13ClN2O2/c1-8-10(3-2-9(6-15)13(8)14)16-11-4-5-18-7-12(11)17/h2-3,11,16H,4-5,7H2,1H3. The SMILES string of the molecule is Cc1c(NC2CCOCC2=O)ccc(C#N)c1Cl. The van der Waals surface area contributed by atoms with Crippen LogP contribution >= 0.6 is 11.6 Å². The van der Waals surface area contributed by atoms with Crippen molar-refractivity contribution in [1.29, 1.82) is 5.26 Å². The summed E-state index contributed by atoms with van der Waals surface area (Å²) in [7, 11) is 0. The van der Waals surface area contributed by atoms with Crippen molar-refractivity contribution < 1.29 is 9.53 Å².